The summed E-state index contributed by atoms with van der Waals surface area (Å²) in [6.07, 6.45) is 1.76. The maximum absolute atomic E-state index is 5.88. The number of rotatable bonds is 1. The molecule has 0 radical (unpaired) electrons. The van der Waals surface area contributed by atoms with Crippen molar-refractivity contribution in [1.29, 1.82) is 0 Å². The number of halogens is 1. The molecule has 0 amide bonds. The highest BCUT2D eigenvalue weighted by atomic mass is 79.9. The first kappa shape index (κ1) is 10.7. The molecule has 3 aromatic rings. The molecule has 1 aromatic carbocycles. The van der Waals surface area contributed by atoms with E-state index in [2.05, 4.69) is 25.9 Å². The van der Waals surface area contributed by atoms with Crippen molar-refractivity contribution < 1.29 is 4.42 Å². The van der Waals surface area contributed by atoms with Crippen molar-refractivity contribution in [3.8, 4) is 10.8 Å². The molecule has 4 nitrogen and oxygen atoms in total. The van der Waals surface area contributed by atoms with Gasteiger partial charge in [0.2, 0.25) is 5.89 Å². The van der Waals surface area contributed by atoms with Crippen LogP contribution < -0.4 is 5.73 Å². The fourth-order valence-corrected chi connectivity index (χ4v) is 2.76. The molecule has 0 aliphatic carbocycles. The predicted molar refractivity (Wildman–Crippen MR) is 72.0 cm³/mol. The number of aromatic nitrogens is 2. The van der Waals surface area contributed by atoms with Crippen LogP contribution in [0, 0.1) is 6.92 Å². The molecule has 0 saturated carbocycles. The molecule has 0 bridgehead atoms. The lowest BCUT2D eigenvalue weighted by Gasteiger charge is -1.93. The molecule has 86 valence electrons. The molecule has 2 aromatic heterocycles. The van der Waals surface area contributed by atoms with Crippen LogP contribution in [0.1, 0.15) is 5.01 Å². The van der Waals surface area contributed by atoms with E-state index in [9.17, 15) is 0 Å². The Morgan fingerprint density at radius 1 is 1.41 bits per heavy atom. The van der Waals surface area contributed by atoms with Crippen LogP contribution in [0.2, 0.25) is 0 Å². The van der Waals surface area contributed by atoms with Crippen LogP contribution in [0.5, 0.6) is 0 Å². The van der Waals surface area contributed by atoms with E-state index in [1.807, 2.05) is 13.0 Å². The normalized spacial score (nSPS) is 11.2. The number of anilines is 1. The van der Waals surface area contributed by atoms with Gasteiger partial charge < -0.3 is 10.2 Å². The number of fused-ring (bicyclic) bond motifs is 1. The summed E-state index contributed by atoms with van der Waals surface area (Å²) in [4.78, 5) is 9.50. The fourth-order valence-electron chi connectivity index (χ4n) is 1.59. The first-order chi connectivity index (χ1) is 8.13. The summed E-state index contributed by atoms with van der Waals surface area (Å²) in [5.41, 5.74) is 7.82. The number of thiazole rings is 1. The zero-order valence-corrected chi connectivity index (χ0v) is 11.3. The van der Waals surface area contributed by atoms with Crippen LogP contribution >= 0.6 is 27.3 Å². The Hall–Kier alpha value is -1.40. The van der Waals surface area contributed by atoms with E-state index in [1.54, 1.807) is 23.6 Å². The van der Waals surface area contributed by atoms with E-state index in [1.165, 1.54) is 0 Å². The van der Waals surface area contributed by atoms with Crippen LogP contribution in [-0.4, -0.2) is 9.97 Å². The number of nitrogen functional groups attached to an aromatic ring is 1. The molecule has 17 heavy (non-hydrogen) atoms. The lowest BCUT2D eigenvalue weighted by molar-refractivity contribution is 0.622. The lowest BCUT2D eigenvalue weighted by Crippen LogP contribution is -1.84. The highest BCUT2D eigenvalue weighted by Crippen LogP contribution is 2.32. The van der Waals surface area contributed by atoms with Crippen LogP contribution in [0.4, 0.5) is 5.69 Å². The standard InChI is InChI=1S/C11H8BrN3OS/c1-5-14-4-9(17-5)11-15-8-3-6(12)2-7(13)10(8)16-11/h2-4H,13H2,1H3. The minimum absolute atomic E-state index is 0.565. The quantitative estimate of drug-likeness (QED) is 0.697. The van der Waals surface area contributed by atoms with Crippen molar-refractivity contribution in [2.45, 2.75) is 6.92 Å². The predicted octanol–water partition coefficient (Wildman–Crippen LogP) is 3.60. The van der Waals surface area contributed by atoms with E-state index in [0.717, 1.165) is 19.9 Å². The van der Waals surface area contributed by atoms with Gasteiger partial charge in [0.05, 0.1) is 16.9 Å². The zero-order valence-electron chi connectivity index (χ0n) is 8.90. The summed E-state index contributed by atoms with van der Waals surface area (Å²) in [5.74, 6) is 0.565. The second kappa shape index (κ2) is 3.82. The minimum atomic E-state index is 0.565. The summed E-state index contributed by atoms with van der Waals surface area (Å²) in [6, 6.07) is 3.68. The van der Waals surface area contributed by atoms with Crippen molar-refractivity contribution in [1.82, 2.24) is 9.97 Å². The third-order valence-electron chi connectivity index (χ3n) is 2.32. The van der Waals surface area contributed by atoms with Crippen molar-refractivity contribution in [2.24, 2.45) is 0 Å². The molecular weight excluding hydrogens is 302 g/mol. The van der Waals surface area contributed by atoms with Gasteiger partial charge in [0.15, 0.2) is 5.58 Å². The summed E-state index contributed by atoms with van der Waals surface area (Å²) in [5, 5.41) is 0.983. The molecule has 0 unspecified atom stereocenters. The van der Waals surface area contributed by atoms with Gasteiger partial charge in [0.1, 0.15) is 10.4 Å². The van der Waals surface area contributed by atoms with Crippen LogP contribution in [-0.2, 0) is 0 Å². The number of hydrogen-bond acceptors (Lipinski definition) is 5. The fraction of sp³-hybridized carbons (Fsp3) is 0.0909. The molecule has 2 heterocycles. The molecule has 0 saturated heterocycles. The number of nitrogens with zero attached hydrogens (tertiary/aromatic N) is 2. The Morgan fingerprint density at radius 3 is 2.94 bits per heavy atom. The molecule has 0 spiro atoms. The van der Waals surface area contributed by atoms with Crippen molar-refractivity contribution >= 4 is 44.1 Å². The maximum Gasteiger partial charge on any atom is 0.239 e. The first-order valence-electron chi connectivity index (χ1n) is 4.92. The average molecular weight is 310 g/mol. The molecule has 3 rings (SSSR count). The molecule has 0 atom stereocenters. The van der Waals surface area contributed by atoms with Gasteiger partial charge in [0.25, 0.3) is 0 Å². The number of hydrogen-bond donors (Lipinski definition) is 1. The van der Waals surface area contributed by atoms with Crippen LogP contribution in [0.15, 0.2) is 27.2 Å². The topological polar surface area (TPSA) is 64.9 Å². The number of aryl methyl sites for hydroxylation is 1. The second-order valence-electron chi connectivity index (χ2n) is 3.61. The monoisotopic (exact) mass is 309 g/mol. The summed E-state index contributed by atoms with van der Waals surface area (Å²) >= 11 is 4.93. The Balaban J connectivity index is 2.23. The average Bonchev–Trinajstić information content (AvgIpc) is 2.83. The second-order valence-corrected chi connectivity index (χ2v) is 5.76. The van der Waals surface area contributed by atoms with E-state index < -0.39 is 0 Å². The summed E-state index contributed by atoms with van der Waals surface area (Å²) in [6.45, 7) is 1.95. The van der Waals surface area contributed by atoms with Gasteiger partial charge in [-0.25, -0.2) is 9.97 Å². The Bertz CT molecular complexity index is 704. The van der Waals surface area contributed by atoms with Crippen LogP contribution in [0.25, 0.3) is 21.9 Å². The Labute approximate surface area is 110 Å². The molecular formula is C11H8BrN3OS. The molecule has 0 aliphatic heterocycles. The van der Waals surface area contributed by atoms with Gasteiger partial charge in [-0.15, -0.1) is 11.3 Å². The number of nitrogens with two attached hydrogens (primary N) is 1. The number of benzene rings is 1. The third-order valence-corrected chi connectivity index (χ3v) is 3.67. The molecule has 6 heteroatoms. The summed E-state index contributed by atoms with van der Waals surface area (Å²) < 4.78 is 6.56. The molecule has 0 fully saturated rings. The number of oxazole rings is 1. The molecule has 0 aliphatic rings. The van der Waals surface area contributed by atoms with Gasteiger partial charge in [-0.3, -0.25) is 0 Å². The van der Waals surface area contributed by atoms with Gasteiger partial charge in [0, 0.05) is 4.47 Å². The zero-order chi connectivity index (χ0) is 12.0. The van der Waals surface area contributed by atoms with E-state index in [4.69, 9.17) is 10.2 Å². The highest BCUT2D eigenvalue weighted by Gasteiger charge is 2.13. The van der Waals surface area contributed by atoms with E-state index in [-0.39, 0.29) is 0 Å². The third kappa shape index (κ3) is 1.83. The smallest absolute Gasteiger partial charge is 0.239 e. The largest absolute Gasteiger partial charge is 0.433 e. The van der Waals surface area contributed by atoms with E-state index in [0.29, 0.717) is 17.2 Å². The summed E-state index contributed by atoms with van der Waals surface area (Å²) in [7, 11) is 0. The van der Waals surface area contributed by atoms with Gasteiger partial charge >= 0.3 is 0 Å². The van der Waals surface area contributed by atoms with Gasteiger partial charge in [-0.1, -0.05) is 15.9 Å². The van der Waals surface area contributed by atoms with Gasteiger partial charge in [-0.2, -0.15) is 0 Å². The first-order valence-corrected chi connectivity index (χ1v) is 6.53. The van der Waals surface area contributed by atoms with E-state index >= 15 is 0 Å². The highest BCUT2D eigenvalue weighted by molar-refractivity contribution is 9.10. The van der Waals surface area contributed by atoms with Crippen LogP contribution in [0.3, 0.4) is 0 Å². The SMILES string of the molecule is Cc1ncc(-c2nc3cc(Br)cc(N)c3o2)s1. The van der Waals surface area contributed by atoms with Crippen molar-refractivity contribution in [3.63, 3.8) is 0 Å². The van der Waals surface area contributed by atoms with Gasteiger partial charge in [-0.05, 0) is 19.1 Å². The Morgan fingerprint density at radius 2 is 2.24 bits per heavy atom. The maximum atomic E-state index is 5.88. The Kier molecular flexibility index (Phi) is 2.41. The minimum Gasteiger partial charge on any atom is -0.433 e. The van der Waals surface area contributed by atoms with Crippen molar-refractivity contribution in [2.75, 3.05) is 5.73 Å². The lowest BCUT2D eigenvalue weighted by atomic mass is 10.3. The molecule has 2 N–H and O–H groups in total. The van der Waals surface area contributed by atoms with Crippen molar-refractivity contribution in [3.05, 3.63) is 27.8 Å².